The molecule has 44 heavy (non-hydrogen) atoms. The molecule has 0 aliphatic rings. The number of nitrogens with one attached hydrogen (secondary N) is 3. The van der Waals surface area contributed by atoms with Gasteiger partial charge in [0, 0.05) is 39.4 Å². The van der Waals surface area contributed by atoms with Gasteiger partial charge in [0.05, 0.1) is 23.6 Å². The van der Waals surface area contributed by atoms with Gasteiger partial charge >= 0.3 is 6.03 Å². The summed E-state index contributed by atoms with van der Waals surface area (Å²) in [4.78, 5) is 23.4. The largest absolute Gasteiger partial charge is 0.438 e. The van der Waals surface area contributed by atoms with Crippen molar-refractivity contribution in [3.63, 3.8) is 0 Å². The van der Waals surface area contributed by atoms with Crippen LogP contribution in [0.15, 0.2) is 96.5 Å². The van der Waals surface area contributed by atoms with E-state index in [9.17, 15) is 4.79 Å². The minimum Gasteiger partial charge on any atom is -0.438 e. The van der Waals surface area contributed by atoms with Gasteiger partial charge in [0.1, 0.15) is 11.6 Å². The maximum atomic E-state index is 13.4. The summed E-state index contributed by atoms with van der Waals surface area (Å²) < 4.78 is 7.97. The van der Waals surface area contributed by atoms with Gasteiger partial charge in [-0.05, 0) is 42.6 Å². The summed E-state index contributed by atoms with van der Waals surface area (Å²) in [7, 11) is 0. The second-order valence-electron chi connectivity index (χ2n) is 11.4. The molecule has 9 nitrogen and oxygen atoms in total. The van der Waals surface area contributed by atoms with Gasteiger partial charge in [0.15, 0.2) is 0 Å². The Bertz CT molecular complexity index is 1910. The first-order valence-corrected chi connectivity index (χ1v) is 15.2. The molecule has 0 radical (unpaired) electrons. The normalized spacial score (nSPS) is 11.4. The first-order valence-electron chi connectivity index (χ1n) is 14.3. The second-order valence-corrected chi connectivity index (χ2v) is 12.4. The van der Waals surface area contributed by atoms with E-state index in [1.807, 2.05) is 85.1 Å². The van der Waals surface area contributed by atoms with Crippen LogP contribution in [-0.2, 0) is 12.0 Å². The van der Waals surface area contributed by atoms with E-state index in [2.05, 4.69) is 52.8 Å². The van der Waals surface area contributed by atoms with Crippen molar-refractivity contribution in [1.29, 1.82) is 0 Å². The average Bonchev–Trinajstić information content (AvgIpc) is 3.69. The van der Waals surface area contributed by atoms with Gasteiger partial charge in [-0.15, -0.1) is 11.3 Å². The summed E-state index contributed by atoms with van der Waals surface area (Å²) >= 11 is 1.67. The van der Waals surface area contributed by atoms with Crippen LogP contribution in [0.5, 0.6) is 11.6 Å². The van der Waals surface area contributed by atoms with Gasteiger partial charge in [-0.25, -0.2) is 14.5 Å². The van der Waals surface area contributed by atoms with Crippen LogP contribution in [0.2, 0.25) is 0 Å². The van der Waals surface area contributed by atoms with Crippen LogP contribution in [-0.4, -0.2) is 25.8 Å². The third-order valence-corrected chi connectivity index (χ3v) is 7.85. The van der Waals surface area contributed by atoms with Crippen molar-refractivity contribution in [3.8, 4) is 17.3 Å². The van der Waals surface area contributed by atoms with Gasteiger partial charge in [-0.2, -0.15) is 10.1 Å². The Morgan fingerprint density at radius 1 is 0.932 bits per heavy atom. The number of carbonyl (C=O) groups is 1. The Balaban J connectivity index is 1.22. The van der Waals surface area contributed by atoms with E-state index in [4.69, 9.17) is 9.84 Å². The molecular formula is C34H33N7O2S. The molecule has 222 valence electrons. The minimum absolute atomic E-state index is 0.195. The second kappa shape index (κ2) is 12.2. The zero-order chi connectivity index (χ0) is 30.7. The van der Waals surface area contributed by atoms with Gasteiger partial charge in [0.2, 0.25) is 11.8 Å². The molecule has 3 aromatic heterocycles. The number of urea groups is 1. The predicted molar refractivity (Wildman–Crippen MR) is 177 cm³/mol. The standard InChI is InChI=1S/C34H33N7O2S/c1-22-11-13-23(14-12-22)41-30(20-29(40-41)34(2,3)4)38-33(42)37-27-15-16-28(26-10-6-5-9-25(26)27)43-31-17-18-35-32(39-31)36-21-24-8-7-19-44-24/h5-20H,21H2,1-4H3,(H,35,36,39)(H2,37,38,42). The lowest BCUT2D eigenvalue weighted by Crippen LogP contribution is -2.21. The highest BCUT2D eigenvalue weighted by atomic mass is 32.1. The number of aryl methyl sites for hydroxylation is 1. The molecule has 0 atom stereocenters. The molecule has 3 heterocycles. The summed E-state index contributed by atoms with van der Waals surface area (Å²) in [6, 6.07) is 26.8. The lowest BCUT2D eigenvalue weighted by atomic mass is 9.92. The third-order valence-electron chi connectivity index (χ3n) is 6.98. The van der Waals surface area contributed by atoms with E-state index < -0.39 is 0 Å². The highest BCUT2D eigenvalue weighted by molar-refractivity contribution is 7.09. The summed E-state index contributed by atoms with van der Waals surface area (Å²) in [5, 5.41) is 17.8. The summed E-state index contributed by atoms with van der Waals surface area (Å²) in [5.41, 5.74) is 3.33. The molecule has 0 aliphatic carbocycles. The number of thiophene rings is 1. The zero-order valence-corrected chi connectivity index (χ0v) is 25.8. The first-order chi connectivity index (χ1) is 21.2. The van der Waals surface area contributed by atoms with Crippen LogP contribution in [0.3, 0.4) is 0 Å². The number of anilines is 3. The molecule has 0 spiro atoms. The number of fused-ring (bicyclic) bond motifs is 1. The monoisotopic (exact) mass is 603 g/mol. The van der Waals surface area contributed by atoms with E-state index in [-0.39, 0.29) is 11.4 Å². The number of benzene rings is 3. The third kappa shape index (κ3) is 6.55. The number of hydrogen-bond donors (Lipinski definition) is 3. The van der Waals surface area contributed by atoms with Gasteiger partial charge in [-0.3, -0.25) is 5.32 Å². The molecular weight excluding hydrogens is 570 g/mol. The van der Waals surface area contributed by atoms with E-state index >= 15 is 0 Å². The fourth-order valence-electron chi connectivity index (χ4n) is 4.63. The lowest BCUT2D eigenvalue weighted by Gasteiger charge is -2.14. The summed E-state index contributed by atoms with van der Waals surface area (Å²) in [6.07, 6.45) is 1.66. The average molecular weight is 604 g/mol. The maximum absolute atomic E-state index is 13.4. The Morgan fingerprint density at radius 2 is 1.73 bits per heavy atom. The van der Waals surface area contributed by atoms with Crippen LogP contribution in [0, 0.1) is 6.92 Å². The van der Waals surface area contributed by atoms with Crippen molar-refractivity contribution < 1.29 is 9.53 Å². The van der Waals surface area contributed by atoms with Gasteiger partial charge < -0.3 is 15.4 Å². The topological polar surface area (TPSA) is 106 Å². The van der Waals surface area contributed by atoms with Crippen LogP contribution in [0.25, 0.3) is 16.5 Å². The van der Waals surface area contributed by atoms with Crippen molar-refractivity contribution in [3.05, 3.63) is 113 Å². The fraction of sp³-hybridized carbons (Fsp3) is 0.176. The zero-order valence-electron chi connectivity index (χ0n) is 25.0. The van der Waals surface area contributed by atoms with E-state index in [0.29, 0.717) is 35.6 Å². The molecule has 2 amide bonds. The molecule has 6 rings (SSSR count). The summed E-state index contributed by atoms with van der Waals surface area (Å²) in [5.74, 6) is 2.08. The Labute approximate surface area is 260 Å². The highest BCUT2D eigenvalue weighted by Gasteiger charge is 2.22. The van der Waals surface area contributed by atoms with Crippen molar-refractivity contribution in [2.75, 3.05) is 16.0 Å². The molecule has 6 aromatic rings. The fourth-order valence-corrected chi connectivity index (χ4v) is 5.28. The SMILES string of the molecule is Cc1ccc(-n2nc(C(C)(C)C)cc2NC(=O)Nc2ccc(Oc3ccnc(NCc4cccs4)n3)c3ccccc23)cc1. The van der Waals surface area contributed by atoms with Crippen LogP contribution in [0.1, 0.15) is 36.9 Å². The van der Waals surface area contributed by atoms with Crippen molar-refractivity contribution in [2.45, 2.75) is 39.7 Å². The van der Waals surface area contributed by atoms with Crippen LogP contribution >= 0.6 is 11.3 Å². The van der Waals surface area contributed by atoms with Crippen molar-refractivity contribution >= 4 is 45.6 Å². The molecule has 0 fully saturated rings. The molecule has 0 bridgehead atoms. The number of rotatable bonds is 8. The molecule has 0 saturated heterocycles. The summed E-state index contributed by atoms with van der Waals surface area (Å²) in [6.45, 7) is 8.96. The van der Waals surface area contributed by atoms with Crippen molar-refractivity contribution in [1.82, 2.24) is 19.7 Å². The maximum Gasteiger partial charge on any atom is 0.324 e. The first kappa shape index (κ1) is 28.9. The molecule has 3 N–H and O–H groups in total. The van der Waals surface area contributed by atoms with Gasteiger partial charge in [0.25, 0.3) is 0 Å². The van der Waals surface area contributed by atoms with Gasteiger partial charge in [-0.1, -0.05) is 68.8 Å². The number of ether oxygens (including phenoxy) is 1. The lowest BCUT2D eigenvalue weighted by molar-refractivity contribution is 0.262. The van der Waals surface area contributed by atoms with E-state index in [1.165, 1.54) is 4.88 Å². The Kier molecular flexibility index (Phi) is 7.99. The van der Waals surface area contributed by atoms with E-state index in [0.717, 1.165) is 27.7 Å². The number of carbonyl (C=O) groups excluding carboxylic acids is 1. The van der Waals surface area contributed by atoms with Crippen LogP contribution < -0.4 is 20.7 Å². The highest BCUT2D eigenvalue weighted by Crippen LogP contribution is 2.34. The molecule has 0 aliphatic heterocycles. The Hall–Kier alpha value is -5.22. The van der Waals surface area contributed by atoms with Crippen molar-refractivity contribution in [2.24, 2.45) is 0 Å². The molecule has 10 heteroatoms. The minimum atomic E-state index is -0.380. The molecule has 0 saturated carbocycles. The number of nitrogens with zero attached hydrogens (tertiary/aromatic N) is 4. The molecule has 3 aromatic carbocycles. The molecule has 0 unspecified atom stereocenters. The predicted octanol–water partition coefficient (Wildman–Crippen LogP) is 8.53. The Morgan fingerprint density at radius 3 is 2.48 bits per heavy atom. The number of amides is 2. The smallest absolute Gasteiger partial charge is 0.324 e. The number of aromatic nitrogens is 4. The number of hydrogen-bond acceptors (Lipinski definition) is 7. The quantitative estimate of drug-likeness (QED) is 0.161. The van der Waals surface area contributed by atoms with Crippen LogP contribution in [0.4, 0.5) is 22.2 Å². The van der Waals surface area contributed by atoms with E-state index in [1.54, 1.807) is 28.3 Å².